The number of hydrogen-bond acceptors (Lipinski definition) is 4. The Hall–Kier alpha value is -1.92. The quantitative estimate of drug-likeness (QED) is 0.680. The third kappa shape index (κ3) is 3.84. The molecule has 1 aliphatic rings. The highest BCUT2D eigenvalue weighted by Crippen LogP contribution is 2.15. The maximum atomic E-state index is 12.0. The van der Waals surface area contributed by atoms with E-state index in [-0.39, 0.29) is 5.91 Å². The molecule has 22 heavy (non-hydrogen) atoms. The van der Waals surface area contributed by atoms with Crippen LogP contribution in [0.1, 0.15) is 12.1 Å². The normalized spacial score (nSPS) is 16.0. The highest BCUT2D eigenvalue weighted by molar-refractivity contribution is 5.87. The number of carbonyl (C=O) groups excluding carboxylic acids is 1. The van der Waals surface area contributed by atoms with Crippen LogP contribution in [0, 0.1) is 0 Å². The van der Waals surface area contributed by atoms with Crippen LogP contribution in [0.5, 0.6) is 0 Å². The Labute approximate surface area is 130 Å². The summed E-state index contributed by atoms with van der Waals surface area (Å²) in [5, 5.41) is 14.5. The van der Waals surface area contributed by atoms with Gasteiger partial charge in [-0.1, -0.05) is 18.2 Å². The first-order valence-corrected chi connectivity index (χ1v) is 7.95. The van der Waals surface area contributed by atoms with Gasteiger partial charge < -0.3 is 15.5 Å². The summed E-state index contributed by atoms with van der Waals surface area (Å²) in [5.74, 6) is 0.0507. The molecule has 0 atom stereocenters. The van der Waals surface area contributed by atoms with Crippen molar-refractivity contribution >= 4 is 16.8 Å². The van der Waals surface area contributed by atoms with Gasteiger partial charge in [-0.25, -0.2) is 0 Å². The number of rotatable bonds is 6. The van der Waals surface area contributed by atoms with Gasteiger partial charge in [-0.15, -0.1) is 0 Å². The van der Waals surface area contributed by atoms with Gasteiger partial charge in [-0.2, -0.15) is 5.10 Å². The molecule has 0 spiro atoms. The van der Waals surface area contributed by atoms with Gasteiger partial charge in [0.25, 0.3) is 0 Å². The van der Waals surface area contributed by atoms with Gasteiger partial charge >= 0.3 is 0 Å². The van der Waals surface area contributed by atoms with Crippen LogP contribution in [0.15, 0.2) is 24.3 Å². The molecule has 1 aliphatic heterocycles. The lowest BCUT2D eigenvalue weighted by molar-refractivity contribution is -0.120. The van der Waals surface area contributed by atoms with E-state index >= 15 is 0 Å². The minimum atomic E-state index is 0.0507. The molecule has 1 amide bonds. The molecule has 6 heteroatoms. The molecule has 1 saturated heterocycles. The minimum absolute atomic E-state index is 0.0507. The number of aromatic amines is 1. The van der Waals surface area contributed by atoms with E-state index in [1.807, 2.05) is 24.3 Å². The van der Waals surface area contributed by atoms with Crippen LogP contribution in [-0.2, 0) is 11.2 Å². The second-order valence-electron chi connectivity index (χ2n) is 5.69. The largest absolute Gasteiger partial charge is 0.356 e. The first-order chi connectivity index (χ1) is 10.8. The summed E-state index contributed by atoms with van der Waals surface area (Å²) in [6.07, 6.45) is 1.35. The van der Waals surface area contributed by atoms with Crippen LogP contribution in [0.2, 0.25) is 0 Å². The lowest BCUT2D eigenvalue weighted by Crippen LogP contribution is -2.44. The molecule has 3 rings (SSSR count). The van der Waals surface area contributed by atoms with Crippen molar-refractivity contribution in [3.8, 4) is 0 Å². The van der Waals surface area contributed by atoms with Crippen molar-refractivity contribution in [1.29, 1.82) is 0 Å². The van der Waals surface area contributed by atoms with Crippen LogP contribution in [0.4, 0.5) is 0 Å². The number of H-pyrrole nitrogens is 1. The first kappa shape index (κ1) is 15.0. The van der Waals surface area contributed by atoms with Crippen LogP contribution in [-0.4, -0.2) is 60.3 Å². The summed E-state index contributed by atoms with van der Waals surface area (Å²) in [7, 11) is 0. The summed E-state index contributed by atoms with van der Waals surface area (Å²) in [6, 6.07) is 7.85. The molecule has 0 radical (unpaired) electrons. The number of nitrogens with one attached hydrogen (secondary N) is 3. The molecule has 3 N–H and O–H groups in total. The van der Waals surface area contributed by atoms with E-state index in [0.29, 0.717) is 6.42 Å². The molecule has 1 aromatic carbocycles. The number of fused-ring (bicyclic) bond motifs is 1. The predicted molar refractivity (Wildman–Crippen MR) is 86.7 cm³/mol. The zero-order chi connectivity index (χ0) is 15.2. The SMILES string of the molecule is O=C(Cc1[nH]nc2ccccc12)NCCCN1CCNCC1. The molecule has 2 aromatic rings. The molecule has 1 aromatic heterocycles. The van der Waals surface area contributed by atoms with E-state index in [0.717, 1.165) is 62.3 Å². The topological polar surface area (TPSA) is 73.0 Å². The third-order valence-electron chi connectivity index (χ3n) is 4.06. The van der Waals surface area contributed by atoms with Crippen molar-refractivity contribution in [2.75, 3.05) is 39.3 Å². The first-order valence-electron chi connectivity index (χ1n) is 7.95. The number of hydrogen-bond donors (Lipinski definition) is 3. The zero-order valence-corrected chi connectivity index (χ0v) is 12.8. The summed E-state index contributed by atoms with van der Waals surface area (Å²) in [6.45, 7) is 6.13. The van der Waals surface area contributed by atoms with Crippen molar-refractivity contribution < 1.29 is 4.79 Å². The van der Waals surface area contributed by atoms with Crippen molar-refractivity contribution in [3.05, 3.63) is 30.0 Å². The van der Waals surface area contributed by atoms with E-state index in [1.54, 1.807) is 0 Å². The van der Waals surface area contributed by atoms with Crippen LogP contribution < -0.4 is 10.6 Å². The zero-order valence-electron chi connectivity index (χ0n) is 12.8. The average molecular weight is 301 g/mol. The number of aromatic nitrogens is 2. The second kappa shape index (κ2) is 7.38. The van der Waals surface area contributed by atoms with Gasteiger partial charge in [0.05, 0.1) is 17.6 Å². The summed E-state index contributed by atoms with van der Waals surface area (Å²) in [5.41, 5.74) is 1.79. The number of amides is 1. The lowest BCUT2D eigenvalue weighted by atomic mass is 10.1. The Balaban J connectivity index is 1.41. The molecule has 0 unspecified atom stereocenters. The van der Waals surface area contributed by atoms with E-state index in [1.165, 1.54) is 0 Å². The number of benzene rings is 1. The van der Waals surface area contributed by atoms with Crippen molar-refractivity contribution in [1.82, 2.24) is 25.7 Å². The van der Waals surface area contributed by atoms with E-state index in [9.17, 15) is 4.79 Å². The molecule has 1 fully saturated rings. The van der Waals surface area contributed by atoms with Crippen molar-refractivity contribution in [2.24, 2.45) is 0 Å². The molecule has 0 bridgehead atoms. The van der Waals surface area contributed by atoms with Crippen molar-refractivity contribution in [3.63, 3.8) is 0 Å². The van der Waals surface area contributed by atoms with Gasteiger partial charge in [-0.3, -0.25) is 9.89 Å². The Morgan fingerprint density at radius 2 is 2.09 bits per heavy atom. The van der Waals surface area contributed by atoms with Gasteiger partial charge in [0.15, 0.2) is 0 Å². The van der Waals surface area contributed by atoms with Crippen LogP contribution >= 0.6 is 0 Å². The minimum Gasteiger partial charge on any atom is -0.356 e. The lowest BCUT2D eigenvalue weighted by Gasteiger charge is -2.27. The highest BCUT2D eigenvalue weighted by atomic mass is 16.1. The molecule has 6 nitrogen and oxygen atoms in total. The molecule has 0 aliphatic carbocycles. The molecule has 0 saturated carbocycles. The molecule has 118 valence electrons. The van der Waals surface area contributed by atoms with Gasteiger partial charge in [0.1, 0.15) is 0 Å². The maximum Gasteiger partial charge on any atom is 0.226 e. The number of carbonyl (C=O) groups is 1. The second-order valence-corrected chi connectivity index (χ2v) is 5.69. The van der Waals surface area contributed by atoms with E-state index in [4.69, 9.17) is 0 Å². The van der Waals surface area contributed by atoms with E-state index < -0.39 is 0 Å². The summed E-state index contributed by atoms with van der Waals surface area (Å²) >= 11 is 0. The van der Waals surface area contributed by atoms with Gasteiger partial charge in [-0.05, 0) is 19.0 Å². The summed E-state index contributed by atoms with van der Waals surface area (Å²) < 4.78 is 0. The van der Waals surface area contributed by atoms with Crippen molar-refractivity contribution in [2.45, 2.75) is 12.8 Å². The predicted octanol–water partition coefficient (Wildman–Crippen LogP) is 0.517. The highest BCUT2D eigenvalue weighted by Gasteiger charge is 2.11. The third-order valence-corrected chi connectivity index (χ3v) is 4.06. The van der Waals surface area contributed by atoms with Gasteiger partial charge in [0.2, 0.25) is 5.91 Å². The van der Waals surface area contributed by atoms with E-state index in [2.05, 4.69) is 25.7 Å². The standard InChI is InChI=1S/C16H23N5O/c22-16(18-6-3-9-21-10-7-17-8-11-21)12-15-13-4-1-2-5-14(13)19-20-15/h1-2,4-5,17H,3,6-12H2,(H,18,22)(H,19,20). The van der Waals surface area contributed by atoms with Gasteiger partial charge in [0, 0.05) is 38.1 Å². The fourth-order valence-electron chi connectivity index (χ4n) is 2.84. The Morgan fingerprint density at radius 3 is 2.95 bits per heavy atom. The number of nitrogens with zero attached hydrogens (tertiary/aromatic N) is 2. The fourth-order valence-corrected chi connectivity index (χ4v) is 2.84. The maximum absolute atomic E-state index is 12.0. The van der Waals surface area contributed by atoms with Crippen LogP contribution in [0.25, 0.3) is 10.9 Å². The molecule has 2 heterocycles. The Bertz CT molecular complexity index is 618. The molecular formula is C16H23N5O. The number of piperazine rings is 1. The smallest absolute Gasteiger partial charge is 0.226 e. The Morgan fingerprint density at radius 1 is 1.27 bits per heavy atom. The van der Waals surface area contributed by atoms with Crippen LogP contribution in [0.3, 0.4) is 0 Å². The summed E-state index contributed by atoms with van der Waals surface area (Å²) in [4.78, 5) is 14.5. The fraction of sp³-hybridized carbons (Fsp3) is 0.500. The number of para-hydroxylation sites is 1. The molecular weight excluding hydrogens is 278 g/mol. The Kier molecular flexibility index (Phi) is 5.03. The average Bonchev–Trinajstić information content (AvgIpc) is 2.96. The monoisotopic (exact) mass is 301 g/mol.